The number of benzene rings is 1. The number of rotatable bonds is 7. The average molecular weight is 449 g/mol. The number of carbonyl (C=O) groups excluding carboxylic acids is 1. The van der Waals surface area contributed by atoms with Gasteiger partial charge in [-0.25, -0.2) is 0 Å². The molecule has 1 saturated heterocycles. The normalized spacial score (nSPS) is 18.0. The van der Waals surface area contributed by atoms with Gasteiger partial charge in [0, 0.05) is 36.7 Å². The van der Waals surface area contributed by atoms with Crippen LogP contribution in [0, 0.1) is 13.8 Å². The van der Waals surface area contributed by atoms with Crippen molar-refractivity contribution in [2.75, 3.05) is 13.7 Å². The van der Waals surface area contributed by atoms with Crippen LogP contribution >= 0.6 is 12.2 Å². The highest BCUT2D eigenvalue weighted by atomic mass is 32.1. The first-order valence-corrected chi connectivity index (χ1v) is 11.2. The Hall–Kier alpha value is -3.19. The minimum atomic E-state index is -0.209. The third kappa shape index (κ3) is 4.39. The summed E-state index contributed by atoms with van der Waals surface area (Å²) < 4.78 is 7.03. The SMILES string of the molecule is COC(=O)CCCN1C(=S)N[C@H](c2ccccn2)[C@H]1c1cccn1-c1ccc(C)c(C)c1. The Labute approximate surface area is 194 Å². The van der Waals surface area contributed by atoms with Crippen molar-refractivity contribution in [1.29, 1.82) is 0 Å². The van der Waals surface area contributed by atoms with E-state index < -0.39 is 0 Å². The quantitative estimate of drug-likeness (QED) is 0.427. The van der Waals surface area contributed by atoms with Gasteiger partial charge in [-0.1, -0.05) is 12.1 Å². The summed E-state index contributed by atoms with van der Waals surface area (Å²) in [7, 11) is 1.42. The van der Waals surface area contributed by atoms with Gasteiger partial charge in [-0.2, -0.15) is 0 Å². The predicted octanol–water partition coefficient (Wildman–Crippen LogP) is 4.41. The summed E-state index contributed by atoms with van der Waals surface area (Å²) in [5, 5.41) is 4.15. The third-order valence-electron chi connectivity index (χ3n) is 6.06. The lowest BCUT2D eigenvalue weighted by atomic mass is 10.0. The fraction of sp³-hybridized carbons (Fsp3) is 0.320. The van der Waals surface area contributed by atoms with Gasteiger partial charge in [0.15, 0.2) is 5.11 Å². The number of carbonyl (C=O) groups is 1. The minimum Gasteiger partial charge on any atom is -0.469 e. The first-order chi connectivity index (χ1) is 15.5. The molecule has 3 aromatic rings. The molecule has 2 aromatic heterocycles. The topological polar surface area (TPSA) is 59.4 Å². The van der Waals surface area contributed by atoms with E-state index in [1.807, 2.05) is 18.2 Å². The zero-order chi connectivity index (χ0) is 22.7. The summed E-state index contributed by atoms with van der Waals surface area (Å²) in [6.07, 6.45) is 4.90. The molecule has 1 aliphatic heterocycles. The molecular formula is C25H28N4O2S. The van der Waals surface area contributed by atoms with Crippen molar-refractivity contribution in [3.8, 4) is 5.69 Å². The zero-order valence-electron chi connectivity index (χ0n) is 18.6. The van der Waals surface area contributed by atoms with E-state index in [-0.39, 0.29) is 18.1 Å². The lowest BCUT2D eigenvalue weighted by Crippen LogP contribution is -2.31. The van der Waals surface area contributed by atoms with Gasteiger partial charge in [0.05, 0.1) is 24.9 Å². The van der Waals surface area contributed by atoms with E-state index in [4.69, 9.17) is 17.0 Å². The number of ether oxygens (including phenoxy) is 1. The first-order valence-electron chi connectivity index (χ1n) is 10.8. The fourth-order valence-electron chi connectivity index (χ4n) is 4.21. The molecule has 0 spiro atoms. The molecule has 2 atom stereocenters. The van der Waals surface area contributed by atoms with Crippen molar-refractivity contribution in [1.82, 2.24) is 19.8 Å². The Morgan fingerprint density at radius 3 is 2.72 bits per heavy atom. The molecule has 1 fully saturated rings. The molecule has 7 heteroatoms. The molecule has 32 heavy (non-hydrogen) atoms. The Bertz CT molecular complexity index is 1110. The number of thiocarbonyl (C=S) groups is 1. The van der Waals surface area contributed by atoms with Crippen molar-refractivity contribution in [3.63, 3.8) is 0 Å². The summed E-state index contributed by atoms with van der Waals surface area (Å²) >= 11 is 5.74. The van der Waals surface area contributed by atoms with Crippen molar-refractivity contribution in [3.05, 3.63) is 83.4 Å². The second-order valence-electron chi connectivity index (χ2n) is 8.07. The molecule has 0 bridgehead atoms. The number of esters is 1. The molecule has 6 nitrogen and oxygen atoms in total. The van der Waals surface area contributed by atoms with Gasteiger partial charge in [0.2, 0.25) is 0 Å². The summed E-state index contributed by atoms with van der Waals surface area (Å²) in [6.45, 7) is 4.90. The third-order valence-corrected chi connectivity index (χ3v) is 6.41. The van der Waals surface area contributed by atoms with Gasteiger partial charge in [-0.15, -0.1) is 0 Å². The van der Waals surface area contributed by atoms with Crippen LogP contribution in [0.2, 0.25) is 0 Å². The second kappa shape index (κ2) is 9.53. The molecular weight excluding hydrogens is 420 g/mol. The number of methoxy groups -OCH3 is 1. The predicted molar refractivity (Wildman–Crippen MR) is 129 cm³/mol. The lowest BCUT2D eigenvalue weighted by molar-refractivity contribution is -0.140. The van der Waals surface area contributed by atoms with Crippen LogP contribution in [0.1, 0.15) is 47.4 Å². The minimum absolute atomic E-state index is 0.0633. The number of nitrogens with one attached hydrogen (secondary N) is 1. The van der Waals surface area contributed by atoms with E-state index in [2.05, 4.69) is 70.1 Å². The Morgan fingerprint density at radius 2 is 2.00 bits per heavy atom. The van der Waals surface area contributed by atoms with E-state index in [1.165, 1.54) is 18.2 Å². The molecule has 0 unspecified atom stereocenters. The van der Waals surface area contributed by atoms with E-state index >= 15 is 0 Å². The summed E-state index contributed by atoms with van der Waals surface area (Å²) in [5.74, 6) is -0.209. The maximum Gasteiger partial charge on any atom is 0.305 e. The van der Waals surface area contributed by atoms with Crippen molar-refractivity contribution in [2.24, 2.45) is 0 Å². The number of pyridine rings is 1. The van der Waals surface area contributed by atoms with E-state index in [0.717, 1.165) is 17.1 Å². The highest BCUT2D eigenvalue weighted by Gasteiger charge is 2.41. The van der Waals surface area contributed by atoms with Crippen LogP contribution in [0.25, 0.3) is 5.69 Å². The molecule has 0 radical (unpaired) electrons. The maximum absolute atomic E-state index is 11.7. The molecule has 0 aliphatic carbocycles. The van der Waals surface area contributed by atoms with E-state index in [1.54, 1.807) is 6.20 Å². The molecule has 3 heterocycles. The number of aromatic nitrogens is 2. The number of hydrogen-bond acceptors (Lipinski definition) is 4. The Kier molecular flexibility index (Phi) is 6.55. The highest BCUT2D eigenvalue weighted by Crippen LogP contribution is 2.39. The van der Waals surface area contributed by atoms with Crippen LogP contribution in [0.4, 0.5) is 0 Å². The molecule has 0 saturated carbocycles. The molecule has 4 rings (SSSR count). The summed E-state index contributed by atoms with van der Waals surface area (Å²) in [5.41, 5.74) is 5.68. The van der Waals surface area contributed by atoms with Gasteiger partial charge in [0.1, 0.15) is 0 Å². The van der Waals surface area contributed by atoms with Crippen molar-refractivity contribution in [2.45, 2.75) is 38.8 Å². The van der Waals surface area contributed by atoms with Gasteiger partial charge in [-0.3, -0.25) is 9.78 Å². The number of nitrogens with zero attached hydrogens (tertiary/aromatic N) is 3. The van der Waals surface area contributed by atoms with Crippen LogP contribution in [0.15, 0.2) is 60.9 Å². The number of hydrogen-bond donors (Lipinski definition) is 1. The fourth-order valence-corrected chi connectivity index (χ4v) is 4.54. The Balaban J connectivity index is 1.72. The second-order valence-corrected chi connectivity index (χ2v) is 8.46. The smallest absolute Gasteiger partial charge is 0.305 e. The molecule has 1 aliphatic rings. The van der Waals surface area contributed by atoms with Crippen LogP contribution in [0.5, 0.6) is 0 Å². The molecule has 0 amide bonds. The first kappa shape index (κ1) is 22.0. The Morgan fingerprint density at radius 1 is 1.16 bits per heavy atom. The van der Waals surface area contributed by atoms with Gasteiger partial charge < -0.3 is 19.5 Å². The molecule has 1 aromatic carbocycles. The van der Waals surface area contributed by atoms with Crippen LogP contribution in [-0.2, 0) is 9.53 Å². The van der Waals surface area contributed by atoms with Gasteiger partial charge in [0.25, 0.3) is 0 Å². The lowest BCUT2D eigenvalue weighted by Gasteiger charge is -2.29. The summed E-state index contributed by atoms with van der Waals surface area (Å²) in [4.78, 5) is 18.4. The average Bonchev–Trinajstić information content (AvgIpc) is 3.40. The summed E-state index contributed by atoms with van der Waals surface area (Å²) in [6, 6.07) is 16.5. The standard InChI is InChI=1S/C25H28N4O2S/c1-17-11-12-19(16-18(17)2)28-14-6-9-21(28)24-23(20-8-4-5-13-26-20)27-25(32)29(24)15-7-10-22(30)31-3/h4-6,8-9,11-14,16,23-24H,7,10,15H2,1-3H3,(H,27,32)/t23-,24-/m1/s1. The van der Waals surface area contributed by atoms with Crippen LogP contribution < -0.4 is 5.32 Å². The van der Waals surface area contributed by atoms with Crippen molar-refractivity contribution < 1.29 is 9.53 Å². The van der Waals surface area contributed by atoms with E-state index in [9.17, 15) is 4.79 Å². The maximum atomic E-state index is 11.7. The van der Waals surface area contributed by atoms with Crippen molar-refractivity contribution >= 4 is 23.3 Å². The number of aryl methyl sites for hydroxylation is 2. The molecule has 166 valence electrons. The largest absolute Gasteiger partial charge is 0.469 e. The van der Waals surface area contributed by atoms with Gasteiger partial charge in [-0.05, 0) is 80.0 Å². The monoisotopic (exact) mass is 448 g/mol. The highest BCUT2D eigenvalue weighted by molar-refractivity contribution is 7.80. The zero-order valence-corrected chi connectivity index (χ0v) is 19.4. The molecule has 1 N–H and O–H groups in total. The van der Waals surface area contributed by atoms with E-state index in [0.29, 0.717) is 24.5 Å². The van der Waals surface area contributed by atoms with Crippen LogP contribution in [-0.4, -0.2) is 39.2 Å². The van der Waals surface area contributed by atoms with Gasteiger partial charge >= 0.3 is 5.97 Å². The van der Waals surface area contributed by atoms with Crippen LogP contribution in [0.3, 0.4) is 0 Å².